The van der Waals surface area contributed by atoms with Crippen LogP contribution in [0, 0.1) is 17.8 Å². The molecular weight excluding hydrogens is 418 g/mol. The van der Waals surface area contributed by atoms with Gasteiger partial charge in [0, 0.05) is 18.0 Å². The first-order valence-corrected chi connectivity index (χ1v) is 12.1. The highest BCUT2D eigenvalue weighted by molar-refractivity contribution is 6.05. The molecule has 2 aliphatic rings. The minimum atomic E-state index is -0.796. The molecule has 0 saturated carbocycles. The van der Waals surface area contributed by atoms with Crippen LogP contribution in [0.3, 0.4) is 0 Å². The molecule has 4 atom stereocenters. The first-order chi connectivity index (χ1) is 15.8. The van der Waals surface area contributed by atoms with Crippen molar-refractivity contribution < 1.29 is 24.9 Å². The number of carbonyl (C=O) groups is 2. The van der Waals surface area contributed by atoms with Gasteiger partial charge in [-0.1, -0.05) is 55.7 Å². The number of para-hydroxylation sites is 1. The number of aromatic hydroxyl groups is 1. The quantitative estimate of drug-likeness (QED) is 0.365. The summed E-state index contributed by atoms with van der Waals surface area (Å²) in [7, 11) is 0. The van der Waals surface area contributed by atoms with E-state index in [-0.39, 0.29) is 24.2 Å². The second-order valence-electron chi connectivity index (χ2n) is 9.36. The predicted molar refractivity (Wildman–Crippen MR) is 128 cm³/mol. The SMILES string of the molecule is CCC/C(=C\c1ccccc1O)CC[C@@H](O)C1=C(C)C[C@H]2C(=O)N(CCC)C(=O)[C@H]2[C@H]1CO. The number of allylic oxidation sites excluding steroid dienone is 2. The first kappa shape index (κ1) is 25.2. The number of aliphatic hydroxyl groups is 2. The summed E-state index contributed by atoms with van der Waals surface area (Å²) in [6.45, 7) is 6.07. The average Bonchev–Trinajstić information content (AvgIpc) is 3.02. The number of hydrogen-bond acceptors (Lipinski definition) is 5. The molecule has 1 aromatic carbocycles. The number of rotatable bonds is 10. The van der Waals surface area contributed by atoms with E-state index >= 15 is 0 Å². The molecule has 0 unspecified atom stereocenters. The third-order valence-corrected chi connectivity index (χ3v) is 7.03. The van der Waals surface area contributed by atoms with Crippen LogP contribution in [0.4, 0.5) is 0 Å². The molecule has 0 radical (unpaired) electrons. The van der Waals surface area contributed by atoms with Crippen LogP contribution in [0.2, 0.25) is 0 Å². The molecule has 0 aromatic heterocycles. The molecule has 180 valence electrons. The van der Waals surface area contributed by atoms with Gasteiger partial charge in [-0.3, -0.25) is 14.5 Å². The van der Waals surface area contributed by atoms with Crippen molar-refractivity contribution in [1.82, 2.24) is 4.90 Å². The summed E-state index contributed by atoms with van der Waals surface area (Å²) in [5.41, 5.74) is 3.51. The fraction of sp³-hybridized carbons (Fsp3) is 0.556. The molecule has 1 aliphatic carbocycles. The zero-order chi connectivity index (χ0) is 24.1. The maximum atomic E-state index is 13.0. The minimum absolute atomic E-state index is 0.144. The summed E-state index contributed by atoms with van der Waals surface area (Å²) in [6.07, 6.45) is 5.24. The molecule has 3 N–H and O–H groups in total. The molecule has 1 aromatic rings. The van der Waals surface area contributed by atoms with Gasteiger partial charge in [-0.05, 0) is 50.7 Å². The number of phenols is 1. The van der Waals surface area contributed by atoms with Crippen LogP contribution >= 0.6 is 0 Å². The van der Waals surface area contributed by atoms with E-state index in [1.165, 1.54) is 4.90 Å². The van der Waals surface area contributed by atoms with Gasteiger partial charge in [0.1, 0.15) is 5.75 Å². The van der Waals surface area contributed by atoms with Crippen molar-refractivity contribution in [3.8, 4) is 5.75 Å². The number of nitrogens with zero attached hydrogens (tertiary/aromatic N) is 1. The van der Waals surface area contributed by atoms with Crippen LogP contribution in [-0.4, -0.2) is 51.3 Å². The van der Waals surface area contributed by atoms with E-state index in [4.69, 9.17) is 0 Å². The van der Waals surface area contributed by atoms with Gasteiger partial charge in [0.05, 0.1) is 24.5 Å². The van der Waals surface area contributed by atoms with Crippen molar-refractivity contribution in [2.24, 2.45) is 17.8 Å². The Morgan fingerprint density at radius 3 is 2.52 bits per heavy atom. The van der Waals surface area contributed by atoms with E-state index in [1.54, 1.807) is 12.1 Å². The van der Waals surface area contributed by atoms with Crippen LogP contribution in [0.1, 0.15) is 64.9 Å². The van der Waals surface area contributed by atoms with E-state index in [0.29, 0.717) is 32.2 Å². The van der Waals surface area contributed by atoms with Gasteiger partial charge in [0.2, 0.25) is 11.8 Å². The van der Waals surface area contributed by atoms with Gasteiger partial charge in [0.15, 0.2) is 0 Å². The summed E-state index contributed by atoms with van der Waals surface area (Å²) in [4.78, 5) is 27.2. The van der Waals surface area contributed by atoms with Crippen molar-refractivity contribution in [3.63, 3.8) is 0 Å². The summed E-state index contributed by atoms with van der Waals surface area (Å²) < 4.78 is 0. The highest BCUT2D eigenvalue weighted by Gasteiger charge is 2.54. The molecular formula is C27H37NO5. The topological polar surface area (TPSA) is 98.1 Å². The smallest absolute Gasteiger partial charge is 0.233 e. The number of aliphatic hydroxyl groups excluding tert-OH is 2. The predicted octanol–water partition coefficient (Wildman–Crippen LogP) is 4.06. The number of carbonyl (C=O) groups excluding carboxylic acids is 2. The molecule has 1 saturated heterocycles. The number of benzene rings is 1. The molecule has 1 fully saturated rings. The van der Waals surface area contributed by atoms with Crippen molar-refractivity contribution in [3.05, 3.63) is 46.5 Å². The minimum Gasteiger partial charge on any atom is -0.507 e. The molecule has 6 heteroatoms. The lowest BCUT2D eigenvalue weighted by Crippen LogP contribution is -2.38. The second-order valence-corrected chi connectivity index (χ2v) is 9.36. The van der Waals surface area contributed by atoms with Gasteiger partial charge < -0.3 is 15.3 Å². The van der Waals surface area contributed by atoms with Crippen molar-refractivity contribution in [1.29, 1.82) is 0 Å². The molecule has 2 amide bonds. The zero-order valence-corrected chi connectivity index (χ0v) is 20.0. The lowest BCUT2D eigenvalue weighted by atomic mass is 9.68. The Hall–Kier alpha value is -2.44. The molecule has 33 heavy (non-hydrogen) atoms. The average molecular weight is 456 g/mol. The van der Waals surface area contributed by atoms with E-state index in [2.05, 4.69) is 6.92 Å². The van der Waals surface area contributed by atoms with Crippen LogP contribution in [0.5, 0.6) is 5.75 Å². The number of hydrogen-bond donors (Lipinski definition) is 3. The van der Waals surface area contributed by atoms with Gasteiger partial charge in [-0.25, -0.2) is 0 Å². The zero-order valence-electron chi connectivity index (χ0n) is 20.0. The van der Waals surface area contributed by atoms with Gasteiger partial charge >= 0.3 is 0 Å². The molecule has 3 rings (SSSR count). The Labute approximate surface area is 196 Å². The number of amides is 2. The van der Waals surface area contributed by atoms with E-state index < -0.39 is 23.9 Å². The number of fused-ring (bicyclic) bond motifs is 1. The summed E-state index contributed by atoms with van der Waals surface area (Å²) in [5, 5.41) is 31.5. The van der Waals surface area contributed by atoms with Crippen LogP contribution in [-0.2, 0) is 9.59 Å². The normalized spacial score (nSPS) is 24.5. The highest BCUT2D eigenvalue weighted by atomic mass is 16.3. The van der Waals surface area contributed by atoms with Crippen LogP contribution in [0.15, 0.2) is 41.0 Å². The summed E-state index contributed by atoms with van der Waals surface area (Å²) in [5.74, 6) is -1.69. The van der Waals surface area contributed by atoms with Crippen molar-refractivity contribution in [2.75, 3.05) is 13.2 Å². The molecule has 6 nitrogen and oxygen atoms in total. The fourth-order valence-electron chi connectivity index (χ4n) is 5.52. The van der Waals surface area contributed by atoms with Crippen LogP contribution < -0.4 is 0 Å². The third-order valence-electron chi connectivity index (χ3n) is 7.03. The van der Waals surface area contributed by atoms with E-state index in [1.807, 2.05) is 32.1 Å². The number of likely N-dealkylation sites (tertiary alicyclic amines) is 1. The third kappa shape index (κ3) is 5.22. The number of imide groups is 1. The Morgan fingerprint density at radius 2 is 1.88 bits per heavy atom. The number of phenolic OH excluding ortho intramolecular Hbond substituents is 1. The Kier molecular flexibility index (Phi) is 8.49. The van der Waals surface area contributed by atoms with E-state index in [0.717, 1.165) is 35.1 Å². The van der Waals surface area contributed by atoms with Gasteiger partial charge in [-0.15, -0.1) is 0 Å². The monoisotopic (exact) mass is 455 g/mol. The van der Waals surface area contributed by atoms with Crippen molar-refractivity contribution >= 4 is 17.9 Å². The molecule has 1 heterocycles. The largest absolute Gasteiger partial charge is 0.507 e. The van der Waals surface area contributed by atoms with Crippen molar-refractivity contribution in [2.45, 2.75) is 65.4 Å². The maximum absolute atomic E-state index is 13.0. The highest BCUT2D eigenvalue weighted by Crippen LogP contribution is 2.46. The summed E-state index contributed by atoms with van der Waals surface area (Å²) in [6, 6.07) is 7.18. The lowest BCUT2D eigenvalue weighted by molar-refractivity contribution is -0.140. The Balaban J connectivity index is 1.79. The fourth-order valence-corrected chi connectivity index (χ4v) is 5.52. The Morgan fingerprint density at radius 1 is 1.15 bits per heavy atom. The van der Waals surface area contributed by atoms with Crippen LogP contribution in [0.25, 0.3) is 6.08 Å². The van der Waals surface area contributed by atoms with Gasteiger partial charge in [0.25, 0.3) is 0 Å². The van der Waals surface area contributed by atoms with E-state index in [9.17, 15) is 24.9 Å². The molecule has 0 spiro atoms. The Bertz CT molecular complexity index is 934. The molecule has 1 aliphatic heterocycles. The lowest BCUT2D eigenvalue weighted by Gasteiger charge is -2.35. The second kappa shape index (κ2) is 11.1. The standard InChI is InChI=1S/C27H37NO5/c1-4-8-18(15-19-9-6-7-10-22(19)30)11-12-23(31)24-17(3)14-20-25(21(24)16-29)27(33)28(13-5-2)26(20)32/h6-7,9-10,15,20-21,23,25,29-31H,4-5,8,11-14,16H2,1-3H3/b18-15+/t20-,21+,23-,25-/m1/s1. The molecule has 0 bridgehead atoms. The van der Waals surface area contributed by atoms with Gasteiger partial charge in [-0.2, -0.15) is 0 Å². The maximum Gasteiger partial charge on any atom is 0.233 e. The summed E-state index contributed by atoms with van der Waals surface area (Å²) >= 11 is 0. The first-order valence-electron chi connectivity index (χ1n) is 12.1.